The summed E-state index contributed by atoms with van der Waals surface area (Å²) < 4.78 is 17.8. The van der Waals surface area contributed by atoms with Gasteiger partial charge in [0.05, 0.1) is 24.5 Å². The highest BCUT2D eigenvalue weighted by molar-refractivity contribution is 6.12. The second-order valence-corrected chi connectivity index (χ2v) is 12.5. The van der Waals surface area contributed by atoms with E-state index in [4.69, 9.17) is 14.2 Å². The monoisotopic (exact) mass is 542 g/mol. The van der Waals surface area contributed by atoms with Crippen molar-refractivity contribution in [2.45, 2.75) is 96.5 Å². The van der Waals surface area contributed by atoms with Crippen molar-refractivity contribution in [1.29, 1.82) is 0 Å². The molecule has 5 rings (SSSR count). The Morgan fingerprint density at radius 1 is 1.05 bits per heavy atom. The van der Waals surface area contributed by atoms with E-state index in [1.165, 1.54) is 0 Å². The Morgan fingerprint density at radius 2 is 1.77 bits per heavy atom. The van der Waals surface area contributed by atoms with Crippen molar-refractivity contribution >= 4 is 23.6 Å². The number of aromatic nitrogens is 2. The van der Waals surface area contributed by atoms with E-state index in [-0.39, 0.29) is 29.4 Å². The molecule has 2 saturated heterocycles. The molecule has 2 saturated carbocycles. The van der Waals surface area contributed by atoms with E-state index in [0.29, 0.717) is 64.5 Å². The molecule has 1 unspecified atom stereocenters. The summed E-state index contributed by atoms with van der Waals surface area (Å²) in [5, 5.41) is 0. The molecular formula is C29H42N4O6. The summed E-state index contributed by atoms with van der Waals surface area (Å²) in [6.45, 7) is 10.2. The number of nitrogens with zero attached hydrogens (tertiary/aromatic N) is 4. The lowest BCUT2D eigenvalue weighted by atomic mass is 9.57. The van der Waals surface area contributed by atoms with E-state index in [1.807, 2.05) is 32.6 Å². The van der Waals surface area contributed by atoms with E-state index in [0.717, 1.165) is 25.7 Å². The molecule has 0 N–H and O–H groups in total. The molecule has 39 heavy (non-hydrogen) atoms. The van der Waals surface area contributed by atoms with Crippen LogP contribution in [0.5, 0.6) is 0 Å². The molecule has 0 radical (unpaired) electrons. The van der Waals surface area contributed by atoms with Crippen molar-refractivity contribution in [2.75, 3.05) is 37.7 Å². The molecule has 2 aliphatic carbocycles. The van der Waals surface area contributed by atoms with Crippen LogP contribution in [0, 0.1) is 11.3 Å². The maximum Gasteiger partial charge on any atom is 0.410 e. The van der Waals surface area contributed by atoms with Crippen LogP contribution in [0.25, 0.3) is 0 Å². The number of hydrogen-bond acceptors (Lipinski definition) is 9. The molecule has 4 aliphatic rings. The number of ether oxygens (including phenoxy) is 3. The predicted octanol–water partition coefficient (Wildman–Crippen LogP) is 4.17. The molecule has 1 aromatic heterocycles. The van der Waals surface area contributed by atoms with Crippen LogP contribution in [0.4, 0.5) is 10.7 Å². The number of carbonyl (C=O) groups excluding carboxylic acids is 3. The van der Waals surface area contributed by atoms with Crippen LogP contribution in [0.15, 0.2) is 12.3 Å². The third-order valence-electron chi connectivity index (χ3n) is 8.69. The van der Waals surface area contributed by atoms with E-state index in [9.17, 15) is 14.4 Å². The molecule has 1 amide bonds. The third-order valence-corrected chi connectivity index (χ3v) is 8.69. The molecule has 10 heteroatoms. The first-order chi connectivity index (χ1) is 18.6. The summed E-state index contributed by atoms with van der Waals surface area (Å²) >= 11 is 0. The molecule has 10 nitrogen and oxygen atoms in total. The zero-order chi connectivity index (χ0) is 27.8. The van der Waals surface area contributed by atoms with Crippen molar-refractivity contribution < 1.29 is 28.6 Å². The Bertz CT molecular complexity index is 1090. The van der Waals surface area contributed by atoms with Crippen LogP contribution in [0.3, 0.4) is 0 Å². The molecule has 4 fully saturated rings. The van der Waals surface area contributed by atoms with Crippen LogP contribution in [0.2, 0.25) is 0 Å². The lowest BCUT2D eigenvalue weighted by molar-refractivity contribution is -0.255. The second kappa shape index (κ2) is 10.8. The quantitative estimate of drug-likeness (QED) is 0.410. The van der Waals surface area contributed by atoms with Gasteiger partial charge in [-0.25, -0.2) is 14.8 Å². The van der Waals surface area contributed by atoms with Gasteiger partial charge in [-0.1, -0.05) is 12.8 Å². The molecule has 0 aromatic carbocycles. The van der Waals surface area contributed by atoms with Gasteiger partial charge in [-0.05, 0) is 65.9 Å². The average Bonchev–Trinajstić information content (AvgIpc) is 3.28. The van der Waals surface area contributed by atoms with Gasteiger partial charge in [0.1, 0.15) is 11.3 Å². The van der Waals surface area contributed by atoms with Gasteiger partial charge in [0.2, 0.25) is 5.95 Å². The highest BCUT2D eigenvalue weighted by atomic mass is 16.7. The minimum absolute atomic E-state index is 0.0448. The summed E-state index contributed by atoms with van der Waals surface area (Å²) in [4.78, 5) is 53.5. The largest absolute Gasteiger partial charge is 0.444 e. The predicted molar refractivity (Wildman–Crippen MR) is 143 cm³/mol. The Balaban J connectivity index is 1.33. The van der Waals surface area contributed by atoms with Gasteiger partial charge < -0.3 is 24.0 Å². The van der Waals surface area contributed by atoms with Crippen molar-refractivity contribution in [3.63, 3.8) is 0 Å². The number of amides is 1. The van der Waals surface area contributed by atoms with Gasteiger partial charge in [-0.2, -0.15) is 0 Å². The van der Waals surface area contributed by atoms with Gasteiger partial charge in [0.25, 0.3) is 0 Å². The van der Waals surface area contributed by atoms with Crippen LogP contribution < -0.4 is 4.90 Å². The Hall–Kier alpha value is -2.59. The van der Waals surface area contributed by atoms with Gasteiger partial charge in [0.15, 0.2) is 17.4 Å². The van der Waals surface area contributed by atoms with E-state index >= 15 is 0 Å². The normalized spacial score (nSPS) is 29.5. The fourth-order valence-corrected chi connectivity index (χ4v) is 6.91. The van der Waals surface area contributed by atoms with Gasteiger partial charge >= 0.3 is 6.09 Å². The summed E-state index contributed by atoms with van der Waals surface area (Å²) in [6.07, 6.45) is 7.26. The lowest BCUT2D eigenvalue weighted by Crippen LogP contribution is -2.60. The maximum atomic E-state index is 14.1. The van der Waals surface area contributed by atoms with E-state index in [1.54, 1.807) is 17.2 Å². The first kappa shape index (κ1) is 28.0. The number of Topliss-reactive ketones (excluding diaryl/α,β-unsaturated/α-hetero) is 2. The molecule has 3 atom stereocenters. The van der Waals surface area contributed by atoms with Gasteiger partial charge in [-0.3, -0.25) is 9.59 Å². The van der Waals surface area contributed by atoms with Gasteiger partial charge in [0, 0.05) is 38.3 Å². The van der Waals surface area contributed by atoms with Crippen LogP contribution in [-0.2, 0) is 19.0 Å². The molecule has 1 aromatic rings. The fourth-order valence-electron chi connectivity index (χ4n) is 6.91. The maximum absolute atomic E-state index is 14.1. The minimum Gasteiger partial charge on any atom is -0.444 e. The summed E-state index contributed by atoms with van der Waals surface area (Å²) in [5.41, 5.74) is -1.07. The Labute approximate surface area is 230 Å². The van der Waals surface area contributed by atoms with Crippen molar-refractivity contribution in [1.82, 2.24) is 14.9 Å². The molecule has 2 aliphatic heterocycles. The number of hydrogen-bond donors (Lipinski definition) is 0. The summed E-state index contributed by atoms with van der Waals surface area (Å²) in [6, 6.07) is 1.53. The third kappa shape index (κ3) is 5.29. The number of carbonyl (C=O) groups is 3. The zero-order valence-electron chi connectivity index (χ0n) is 23.7. The number of anilines is 1. The molecular weight excluding hydrogens is 500 g/mol. The highest BCUT2D eigenvalue weighted by Gasteiger charge is 2.63. The second-order valence-electron chi connectivity index (χ2n) is 12.5. The number of ketones is 2. The smallest absolute Gasteiger partial charge is 0.410 e. The topological polar surface area (TPSA) is 111 Å². The van der Waals surface area contributed by atoms with Crippen molar-refractivity contribution in [3.8, 4) is 0 Å². The Morgan fingerprint density at radius 3 is 2.51 bits per heavy atom. The van der Waals surface area contributed by atoms with Crippen molar-refractivity contribution in [2.24, 2.45) is 11.3 Å². The van der Waals surface area contributed by atoms with Crippen LogP contribution >= 0.6 is 0 Å². The standard InChI is InChI=1S/C29H42N4O6/c1-20-19-32(26(36)39-27(2,3)4)15-8-16-33(20)25-30-14-10-22(31-25)23(34)21-9-7-12-28(24(21)35)11-5-6-13-29(28)37-17-18-38-29/h10,14,20-21H,5-9,11-13,15-19H2,1-4H3/t20-,21?,28-/m0/s1. The average molecular weight is 543 g/mol. The first-order valence-electron chi connectivity index (χ1n) is 14.5. The van der Waals surface area contributed by atoms with Gasteiger partial charge in [-0.15, -0.1) is 0 Å². The fraction of sp³-hybridized carbons (Fsp3) is 0.759. The molecule has 3 heterocycles. The van der Waals surface area contributed by atoms with Crippen molar-refractivity contribution in [3.05, 3.63) is 18.0 Å². The lowest BCUT2D eigenvalue weighted by Gasteiger charge is -2.51. The van der Waals surface area contributed by atoms with E-state index < -0.39 is 22.7 Å². The Kier molecular flexibility index (Phi) is 7.72. The SMILES string of the molecule is C[C@H]1CN(C(=O)OC(C)(C)C)CCCN1c1nccc(C(=O)C2CCC[C@@]3(CCCCC34OCCO4)C2=O)n1. The summed E-state index contributed by atoms with van der Waals surface area (Å²) in [7, 11) is 0. The molecule has 214 valence electrons. The van der Waals surface area contributed by atoms with E-state index in [2.05, 4.69) is 9.97 Å². The number of rotatable bonds is 3. The van der Waals surface area contributed by atoms with Crippen LogP contribution in [0.1, 0.15) is 89.5 Å². The molecule has 2 spiro atoms. The summed E-state index contributed by atoms with van der Waals surface area (Å²) in [5.74, 6) is -1.50. The van der Waals surface area contributed by atoms with Crippen LogP contribution in [-0.4, -0.2) is 82.8 Å². The highest BCUT2D eigenvalue weighted by Crippen LogP contribution is 2.56. The first-order valence-corrected chi connectivity index (χ1v) is 14.5. The minimum atomic E-state index is -0.889. The number of fused-ring (bicyclic) bond motifs is 1. The zero-order valence-corrected chi connectivity index (χ0v) is 23.7. The molecule has 0 bridgehead atoms.